The zero-order valence-corrected chi connectivity index (χ0v) is 19.4. The maximum atomic E-state index is 12.9. The van der Waals surface area contributed by atoms with Crippen molar-refractivity contribution in [1.82, 2.24) is 0 Å². The molecule has 0 aliphatic carbocycles. The maximum absolute atomic E-state index is 12.9. The van der Waals surface area contributed by atoms with E-state index >= 15 is 0 Å². The highest BCUT2D eigenvalue weighted by molar-refractivity contribution is 6.06. The number of benzene rings is 3. The second-order valence-electron chi connectivity index (χ2n) is 7.73. The fourth-order valence-corrected chi connectivity index (χ4v) is 3.26. The van der Waals surface area contributed by atoms with Crippen LogP contribution in [0, 0.1) is 0 Å². The summed E-state index contributed by atoms with van der Waals surface area (Å²) in [6.45, 7) is 6.75. The van der Waals surface area contributed by atoms with Crippen molar-refractivity contribution in [3.8, 4) is 5.75 Å². The highest BCUT2D eigenvalue weighted by Gasteiger charge is 2.16. The normalized spacial score (nSPS) is 11.4. The van der Waals surface area contributed by atoms with Gasteiger partial charge >= 0.3 is 0 Å². The molecule has 0 saturated heterocycles. The molecule has 0 saturated carbocycles. The van der Waals surface area contributed by atoms with Crippen LogP contribution in [0.5, 0.6) is 5.75 Å². The number of ether oxygens (including phenoxy) is 1. The Bertz CT molecular complexity index is 1030. The van der Waals surface area contributed by atoms with E-state index in [9.17, 15) is 9.59 Å². The Morgan fingerprint density at radius 3 is 2.12 bits per heavy atom. The first kappa shape index (κ1) is 23.9. The third-order valence-corrected chi connectivity index (χ3v) is 5.26. The van der Waals surface area contributed by atoms with E-state index in [2.05, 4.69) is 17.6 Å². The van der Waals surface area contributed by atoms with Crippen molar-refractivity contribution < 1.29 is 14.3 Å². The van der Waals surface area contributed by atoms with Crippen LogP contribution in [0.4, 0.5) is 17.1 Å². The zero-order valence-electron chi connectivity index (χ0n) is 19.4. The molecule has 6 nitrogen and oxygen atoms in total. The standard InChI is InChI=1S/C27H31N3O3/c1-4-20(3)33-25-17-15-22(16-18-25)28-19-26(31)29-23-13-11-21(12-14-23)27(32)30(5-2)24-9-7-6-8-10-24/h6-18,20,28H,4-5,19H2,1-3H3,(H,29,31). The summed E-state index contributed by atoms with van der Waals surface area (Å²) in [6.07, 6.45) is 1.11. The lowest BCUT2D eigenvalue weighted by Gasteiger charge is -2.21. The van der Waals surface area contributed by atoms with Gasteiger partial charge in [-0.3, -0.25) is 9.59 Å². The Balaban J connectivity index is 1.52. The Morgan fingerprint density at radius 1 is 0.879 bits per heavy atom. The van der Waals surface area contributed by atoms with Crippen LogP contribution in [0.25, 0.3) is 0 Å². The molecule has 33 heavy (non-hydrogen) atoms. The van der Waals surface area contributed by atoms with Crippen LogP contribution in [-0.4, -0.2) is 31.0 Å². The highest BCUT2D eigenvalue weighted by atomic mass is 16.5. The summed E-state index contributed by atoms with van der Waals surface area (Å²) in [5, 5.41) is 5.95. The minimum Gasteiger partial charge on any atom is -0.491 e. The Morgan fingerprint density at radius 2 is 1.52 bits per heavy atom. The van der Waals surface area contributed by atoms with Crippen molar-refractivity contribution in [2.45, 2.75) is 33.3 Å². The van der Waals surface area contributed by atoms with Gasteiger partial charge < -0.3 is 20.3 Å². The monoisotopic (exact) mass is 445 g/mol. The maximum Gasteiger partial charge on any atom is 0.258 e. The molecule has 0 aromatic heterocycles. The van der Waals surface area contributed by atoms with Gasteiger partial charge in [-0.15, -0.1) is 0 Å². The molecule has 172 valence electrons. The summed E-state index contributed by atoms with van der Waals surface area (Å²) in [7, 11) is 0. The Kier molecular flexibility index (Phi) is 8.47. The van der Waals surface area contributed by atoms with E-state index in [1.54, 1.807) is 29.2 Å². The van der Waals surface area contributed by atoms with Gasteiger partial charge in [0.1, 0.15) is 5.75 Å². The molecule has 3 aromatic rings. The average Bonchev–Trinajstić information content (AvgIpc) is 2.85. The van der Waals surface area contributed by atoms with Crippen molar-refractivity contribution in [2.75, 3.05) is 28.6 Å². The molecule has 3 aromatic carbocycles. The Hall–Kier alpha value is -3.80. The van der Waals surface area contributed by atoms with Crippen molar-refractivity contribution in [3.05, 3.63) is 84.4 Å². The zero-order chi connectivity index (χ0) is 23.6. The van der Waals surface area contributed by atoms with E-state index in [1.165, 1.54) is 0 Å². The van der Waals surface area contributed by atoms with E-state index in [4.69, 9.17) is 4.74 Å². The van der Waals surface area contributed by atoms with Gasteiger partial charge in [0.05, 0.1) is 12.6 Å². The molecular formula is C27H31N3O3. The molecule has 0 spiro atoms. The van der Waals surface area contributed by atoms with E-state index in [0.29, 0.717) is 17.8 Å². The molecule has 2 N–H and O–H groups in total. The topological polar surface area (TPSA) is 70.7 Å². The van der Waals surface area contributed by atoms with Crippen LogP contribution in [0.3, 0.4) is 0 Å². The first-order valence-corrected chi connectivity index (χ1v) is 11.3. The first-order chi connectivity index (χ1) is 16.0. The van der Waals surface area contributed by atoms with Crippen molar-refractivity contribution >= 4 is 28.9 Å². The molecule has 6 heteroatoms. The number of carbonyl (C=O) groups excluding carboxylic acids is 2. The van der Waals surface area contributed by atoms with Crippen molar-refractivity contribution in [1.29, 1.82) is 0 Å². The van der Waals surface area contributed by atoms with Crippen molar-refractivity contribution in [3.63, 3.8) is 0 Å². The van der Waals surface area contributed by atoms with Crippen LogP contribution in [0.15, 0.2) is 78.9 Å². The summed E-state index contributed by atoms with van der Waals surface area (Å²) >= 11 is 0. The number of hydrogen-bond donors (Lipinski definition) is 2. The Labute approximate surface area is 195 Å². The minimum atomic E-state index is -0.173. The van der Waals surface area contributed by atoms with Gasteiger partial charge in [0, 0.05) is 29.2 Å². The molecule has 0 bridgehead atoms. The summed E-state index contributed by atoms with van der Waals surface area (Å²) in [5.41, 5.74) is 2.89. The molecule has 0 aliphatic heterocycles. The molecule has 0 aliphatic rings. The summed E-state index contributed by atoms with van der Waals surface area (Å²) in [6, 6.07) is 24.1. The number of carbonyl (C=O) groups is 2. The number of anilines is 3. The number of amides is 2. The molecule has 0 radical (unpaired) electrons. The van der Waals surface area contributed by atoms with Gasteiger partial charge in [0.15, 0.2) is 0 Å². The van der Waals surface area contributed by atoms with E-state index in [0.717, 1.165) is 23.5 Å². The lowest BCUT2D eigenvalue weighted by atomic mass is 10.1. The fraction of sp³-hybridized carbons (Fsp3) is 0.259. The molecule has 3 rings (SSSR count). The minimum absolute atomic E-state index is 0.0796. The average molecular weight is 446 g/mol. The second kappa shape index (κ2) is 11.7. The van der Waals surface area contributed by atoms with Crippen LogP contribution < -0.4 is 20.3 Å². The van der Waals surface area contributed by atoms with E-state index in [1.807, 2.05) is 68.4 Å². The van der Waals surface area contributed by atoms with Gasteiger partial charge in [0.2, 0.25) is 5.91 Å². The molecule has 2 amide bonds. The molecular weight excluding hydrogens is 414 g/mol. The third kappa shape index (κ3) is 6.84. The number of nitrogens with one attached hydrogen (secondary N) is 2. The molecule has 1 atom stereocenters. The first-order valence-electron chi connectivity index (χ1n) is 11.3. The van der Waals surface area contributed by atoms with Gasteiger partial charge in [-0.1, -0.05) is 25.1 Å². The van der Waals surface area contributed by atoms with Gasteiger partial charge in [-0.2, -0.15) is 0 Å². The molecule has 1 unspecified atom stereocenters. The number of hydrogen-bond acceptors (Lipinski definition) is 4. The van der Waals surface area contributed by atoms with Crippen LogP contribution >= 0.6 is 0 Å². The van der Waals surface area contributed by atoms with Gasteiger partial charge in [-0.25, -0.2) is 0 Å². The number of nitrogens with zero attached hydrogens (tertiary/aromatic N) is 1. The number of rotatable bonds is 10. The summed E-state index contributed by atoms with van der Waals surface area (Å²) in [4.78, 5) is 26.9. The lowest BCUT2D eigenvalue weighted by molar-refractivity contribution is -0.114. The van der Waals surface area contributed by atoms with Crippen molar-refractivity contribution in [2.24, 2.45) is 0 Å². The molecule has 0 heterocycles. The predicted octanol–water partition coefficient (Wildman–Crippen LogP) is 5.58. The fourth-order valence-electron chi connectivity index (χ4n) is 3.26. The second-order valence-corrected chi connectivity index (χ2v) is 7.73. The largest absolute Gasteiger partial charge is 0.491 e. The van der Waals surface area contributed by atoms with Crippen LogP contribution in [-0.2, 0) is 4.79 Å². The predicted molar refractivity (Wildman–Crippen MR) is 134 cm³/mol. The quantitative estimate of drug-likeness (QED) is 0.427. The van der Waals surface area contributed by atoms with Gasteiger partial charge in [0.25, 0.3) is 5.91 Å². The third-order valence-electron chi connectivity index (χ3n) is 5.26. The highest BCUT2D eigenvalue weighted by Crippen LogP contribution is 2.19. The number of para-hydroxylation sites is 1. The van der Waals surface area contributed by atoms with Gasteiger partial charge in [-0.05, 0) is 80.9 Å². The van der Waals surface area contributed by atoms with E-state index < -0.39 is 0 Å². The van der Waals surface area contributed by atoms with E-state index in [-0.39, 0.29) is 24.5 Å². The lowest BCUT2D eigenvalue weighted by Crippen LogP contribution is -2.30. The summed E-state index contributed by atoms with van der Waals surface area (Å²) < 4.78 is 5.76. The molecule has 0 fully saturated rings. The van der Waals surface area contributed by atoms with Crippen LogP contribution in [0.2, 0.25) is 0 Å². The van der Waals surface area contributed by atoms with Crippen LogP contribution in [0.1, 0.15) is 37.6 Å². The summed E-state index contributed by atoms with van der Waals surface area (Å²) in [5.74, 6) is 0.556. The SMILES string of the molecule is CCC(C)Oc1ccc(NCC(=O)Nc2ccc(C(=O)N(CC)c3ccccc3)cc2)cc1. The smallest absolute Gasteiger partial charge is 0.258 e.